The molecule has 1 aromatic rings. The molecule has 0 aliphatic rings. The monoisotopic (exact) mass is 230 g/mol. The van der Waals surface area contributed by atoms with Crippen LogP contribution in [0.25, 0.3) is 0 Å². The van der Waals surface area contributed by atoms with E-state index in [-0.39, 0.29) is 5.75 Å². The van der Waals surface area contributed by atoms with E-state index in [2.05, 4.69) is 11.6 Å². The van der Waals surface area contributed by atoms with Crippen LogP contribution < -0.4 is 10.2 Å². The van der Waals surface area contributed by atoms with Crippen molar-refractivity contribution in [3.05, 3.63) is 30.6 Å². The van der Waals surface area contributed by atoms with E-state index in [1.807, 2.05) is 6.92 Å². The zero-order valence-electron chi connectivity index (χ0n) is 8.92. The highest BCUT2D eigenvalue weighted by molar-refractivity contribution is 6.73. The van der Waals surface area contributed by atoms with Crippen LogP contribution in [0.4, 0.5) is 12.9 Å². The van der Waals surface area contributed by atoms with Gasteiger partial charge in [0.15, 0.2) is 0 Å². The first-order valence-corrected chi connectivity index (χ1v) is 4.81. The van der Waals surface area contributed by atoms with Gasteiger partial charge in [0.25, 0.3) is 0 Å². The number of hydrogen-bond donors (Lipinski definition) is 0. The van der Waals surface area contributed by atoms with Crippen molar-refractivity contribution in [3.63, 3.8) is 0 Å². The van der Waals surface area contributed by atoms with Gasteiger partial charge in [0.05, 0.1) is 12.8 Å². The van der Waals surface area contributed by atoms with E-state index >= 15 is 0 Å². The molecule has 0 aliphatic carbocycles. The molecule has 0 atom stereocenters. The molecule has 1 rings (SSSR count). The number of ether oxygens (including phenoxy) is 1. The summed E-state index contributed by atoms with van der Waals surface area (Å²) in [4.78, 5) is 3.50. The van der Waals surface area contributed by atoms with Crippen LogP contribution in [0.3, 0.4) is 0 Å². The lowest BCUT2D eigenvalue weighted by molar-refractivity contribution is 0.320. The van der Waals surface area contributed by atoms with Gasteiger partial charge in [-0.3, -0.25) is 4.98 Å². The number of nitrogens with zero attached hydrogens (tertiary/aromatic N) is 1. The zero-order valence-corrected chi connectivity index (χ0v) is 8.92. The van der Waals surface area contributed by atoms with Crippen LogP contribution in [0.2, 0.25) is 0 Å². The highest BCUT2D eigenvalue weighted by atomic mass is 19.4. The lowest BCUT2D eigenvalue weighted by Gasteiger charge is -2.15. The normalized spacial score (nSPS) is 11.2. The van der Waals surface area contributed by atoms with Crippen LogP contribution in [-0.2, 0) is 0 Å². The SMILES string of the molecule is C=C(C)CCOc1cncc([B-](F)(F)F)c1. The Morgan fingerprint density at radius 1 is 1.44 bits per heavy atom. The minimum absolute atomic E-state index is 0.137. The molecule has 0 saturated carbocycles. The minimum atomic E-state index is -5.02. The van der Waals surface area contributed by atoms with Crippen molar-refractivity contribution in [2.24, 2.45) is 0 Å². The maximum absolute atomic E-state index is 12.4. The topological polar surface area (TPSA) is 22.1 Å². The number of aromatic nitrogens is 1. The second-order valence-corrected chi connectivity index (χ2v) is 3.58. The number of pyridine rings is 1. The van der Waals surface area contributed by atoms with Crippen molar-refractivity contribution in [2.45, 2.75) is 13.3 Å². The summed E-state index contributed by atoms with van der Waals surface area (Å²) in [5.41, 5.74) is 0.178. The Morgan fingerprint density at radius 3 is 2.69 bits per heavy atom. The van der Waals surface area contributed by atoms with Crippen molar-refractivity contribution in [2.75, 3.05) is 6.61 Å². The molecule has 0 fully saturated rings. The van der Waals surface area contributed by atoms with Gasteiger partial charge in [0.1, 0.15) is 5.75 Å². The van der Waals surface area contributed by atoms with Gasteiger partial charge in [-0.25, -0.2) is 0 Å². The minimum Gasteiger partial charge on any atom is -0.492 e. The van der Waals surface area contributed by atoms with E-state index in [1.165, 1.54) is 6.20 Å². The molecule has 0 saturated heterocycles. The predicted octanol–water partition coefficient (Wildman–Crippen LogP) is 2.48. The van der Waals surface area contributed by atoms with Crippen molar-refractivity contribution in [3.8, 4) is 5.75 Å². The van der Waals surface area contributed by atoms with E-state index < -0.39 is 12.4 Å². The fourth-order valence-corrected chi connectivity index (χ4v) is 1.04. The molecule has 0 aliphatic heterocycles. The Labute approximate surface area is 92.2 Å². The average Bonchev–Trinajstić information content (AvgIpc) is 2.16. The van der Waals surface area contributed by atoms with Crippen molar-refractivity contribution < 1.29 is 17.7 Å². The maximum Gasteiger partial charge on any atom is 0.511 e. The Hall–Kier alpha value is -1.46. The van der Waals surface area contributed by atoms with Gasteiger partial charge in [0.2, 0.25) is 0 Å². The fourth-order valence-electron chi connectivity index (χ4n) is 1.04. The second kappa shape index (κ2) is 5.05. The molecule has 16 heavy (non-hydrogen) atoms. The average molecular weight is 230 g/mol. The van der Waals surface area contributed by atoms with Gasteiger partial charge in [0, 0.05) is 12.6 Å². The van der Waals surface area contributed by atoms with E-state index in [4.69, 9.17) is 4.74 Å². The third-order valence-electron chi connectivity index (χ3n) is 1.91. The molecule has 0 bridgehead atoms. The molecule has 2 nitrogen and oxygen atoms in total. The third kappa shape index (κ3) is 3.96. The first-order chi connectivity index (χ1) is 7.39. The summed E-state index contributed by atoms with van der Waals surface area (Å²) >= 11 is 0. The summed E-state index contributed by atoms with van der Waals surface area (Å²) in [5.74, 6) is 0.137. The number of hydrogen-bond acceptors (Lipinski definition) is 2. The molecule has 0 unspecified atom stereocenters. The Bertz CT molecular complexity index is 379. The van der Waals surface area contributed by atoms with E-state index in [0.717, 1.165) is 17.8 Å². The Morgan fingerprint density at radius 2 is 2.12 bits per heavy atom. The molecule has 1 aromatic heterocycles. The summed E-state index contributed by atoms with van der Waals surface area (Å²) in [7, 11) is 0. The summed E-state index contributed by atoms with van der Waals surface area (Å²) in [6.07, 6.45) is 2.68. The molecule has 0 N–H and O–H groups in total. The summed E-state index contributed by atoms with van der Waals surface area (Å²) in [6, 6.07) is 0.964. The fraction of sp³-hybridized carbons (Fsp3) is 0.300. The number of halogens is 3. The van der Waals surface area contributed by atoms with Gasteiger partial charge in [-0.05, 0) is 13.0 Å². The molecule has 1 heterocycles. The highest BCUT2D eigenvalue weighted by Gasteiger charge is 2.26. The lowest BCUT2D eigenvalue weighted by atomic mass is 9.81. The first kappa shape index (κ1) is 12.6. The smallest absolute Gasteiger partial charge is 0.492 e. The number of rotatable bonds is 5. The predicted molar refractivity (Wildman–Crippen MR) is 57.9 cm³/mol. The van der Waals surface area contributed by atoms with E-state index in [1.54, 1.807) is 0 Å². The second-order valence-electron chi connectivity index (χ2n) is 3.58. The molecule has 0 radical (unpaired) electrons. The van der Waals surface area contributed by atoms with Crippen LogP contribution in [0, 0.1) is 0 Å². The van der Waals surface area contributed by atoms with Crippen molar-refractivity contribution in [1.82, 2.24) is 4.98 Å². The van der Waals surface area contributed by atoms with Crippen molar-refractivity contribution in [1.29, 1.82) is 0 Å². The lowest BCUT2D eigenvalue weighted by Crippen LogP contribution is -2.34. The summed E-state index contributed by atoms with van der Waals surface area (Å²) in [5, 5.41) is 0. The Balaban J connectivity index is 2.64. The van der Waals surface area contributed by atoms with Gasteiger partial charge >= 0.3 is 6.98 Å². The largest absolute Gasteiger partial charge is 0.511 e. The zero-order chi connectivity index (χ0) is 12.2. The molecule has 0 aromatic carbocycles. The molecule has 6 heteroatoms. The van der Waals surface area contributed by atoms with Crippen molar-refractivity contribution >= 4 is 12.4 Å². The van der Waals surface area contributed by atoms with Crippen LogP contribution >= 0.6 is 0 Å². The van der Waals surface area contributed by atoms with Crippen LogP contribution in [0.1, 0.15) is 13.3 Å². The summed E-state index contributed by atoms with van der Waals surface area (Å²) in [6.45, 7) is 0.795. The van der Waals surface area contributed by atoms with Gasteiger partial charge in [-0.2, -0.15) is 0 Å². The standard InChI is InChI=1S/C10H12BF3NO/c1-8(2)3-4-16-10-5-9(6-15-7-10)11(12,13)14/h5-7H,1,3-4H2,2H3/q-1. The molecule has 0 amide bonds. The third-order valence-corrected chi connectivity index (χ3v) is 1.91. The molecular weight excluding hydrogens is 218 g/mol. The molecule has 88 valence electrons. The van der Waals surface area contributed by atoms with E-state index in [9.17, 15) is 12.9 Å². The van der Waals surface area contributed by atoms with Gasteiger partial charge in [-0.1, -0.05) is 11.0 Å². The summed E-state index contributed by atoms with van der Waals surface area (Å²) < 4.78 is 42.3. The van der Waals surface area contributed by atoms with Gasteiger partial charge < -0.3 is 17.7 Å². The quantitative estimate of drug-likeness (QED) is 0.572. The molecular formula is C10H12BF3NO-. The van der Waals surface area contributed by atoms with E-state index in [0.29, 0.717) is 13.0 Å². The van der Waals surface area contributed by atoms with Crippen LogP contribution in [0.15, 0.2) is 30.6 Å². The first-order valence-electron chi connectivity index (χ1n) is 4.81. The highest BCUT2D eigenvalue weighted by Crippen LogP contribution is 2.13. The van der Waals surface area contributed by atoms with Crippen LogP contribution in [0.5, 0.6) is 5.75 Å². The maximum atomic E-state index is 12.4. The van der Waals surface area contributed by atoms with Crippen LogP contribution in [-0.4, -0.2) is 18.6 Å². The molecule has 0 spiro atoms. The van der Waals surface area contributed by atoms with Gasteiger partial charge in [-0.15, -0.1) is 6.58 Å². The Kier molecular flexibility index (Phi) is 3.98.